The van der Waals surface area contributed by atoms with Crippen LogP contribution in [-0.4, -0.2) is 9.55 Å². The van der Waals surface area contributed by atoms with Crippen molar-refractivity contribution < 1.29 is 0 Å². The third kappa shape index (κ3) is 3.72. The quantitative estimate of drug-likeness (QED) is 0.471. The maximum atomic E-state index is 9.52. The number of anilines is 1. The van der Waals surface area contributed by atoms with Gasteiger partial charge in [0.15, 0.2) is 0 Å². The number of unbranched alkanes of at least 4 members (excludes halogenated alkanes) is 4. The van der Waals surface area contributed by atoms with Gasteiger partial charge in [-0.3, -0.25) is 4.98 Å². The van der Waals surface area contributed by atoms with Crippen molar-refractivity contribution in [2.45, 2.75) is 59.4 Å². The van der Waals surface area contributed by atoms with Gasteiger partial charge in [0.1, 0.15) is 0 Å². The second-order valence-corrected chi connectivity index (χ2v) is 7.79. The normalized spacial score (nSPS) is 11.1. The van der Waals surface area contributed by atoms with Crippen LogP contribution in [0.5, 0.6) is 0 Å². The van der Waals surface area contributed by atoms with Crippen molar-refractivity contribution in [3.05, 3.63) is 46.4 Å². The molecule has 0 spiro atoms. The largest absolute Gasteiger partial charge is 0.396 e. The Hall–Kier alpha value is -2.51. The van der Waals surface area contributed by atoms with Crippen LogP contribution >= 0.6 is 11.6 Å². The molecule has 0 aliphatic heterocycles. The Morgan fingerprint density at radius 2 is 1.89 bits per heavy atom. The highest BCUT2D eigenvalue weighted by molar-refractivity contribution is 6.36. The number of rotatable bonds is 7. The zero-order chi connectivity index (χ0) is 20.3. The van der Waals surface area contributed by atoms with Crippen LogP contribution in [0.15, 0.2) is 24.5 Å². The van der Waals surface area contributed by atoms with Crippen molar-refractivity contribution in [2.75, 3.05) is 5.73 Å². The summed E-state index contributed by atoms with van der Waals surface area (Å²) in [5.74, 6) is 0. The summed E-state index contributed by atoms with van der Waals surface area (Å²) >= 11 is 6.54. The fraction of sp³-hybridized carbons (Fsp3) is 0.391. The molecule has 0 amide bonds. The minimum Gasteiger partial charge on any atom is -0.396 e. The van der Waals surface area contributed by atoms with Crippen LogP contribution in [0, 0.1) is 25.2 Å². The van der Waals surface area contributed by atoms with Gasteiger partial charge in [-0.05, 0) is 38.0 Å². The van der Waals surface area contributed by atoms with Gasteiger partial charge < -0.3 is 10.3 Å². The number of hydrogen-bond acceptors (Lipinski definition) is 3. The van der Waals surface area contributed by atoms with Crippen molar-refractivity contribution in [1.82, 2.24) is 9.55 Å². The molecule has 0 saturated heterocycles. The highest BCUT2D eigenvalue weighted by atomic mass is 35.5. The predicted molar refractivity (Wildman–Crippen MR) is 118 cm³/mol. The Morgan fingerprint density at radius 3 is 2.61 bits per heavy atom. The van der Waals surface area contributed by atoms with E-state index in [9.17, 15) is 5.26 Å². The lowest BCUT2D eigenvalue weighted by Crippen LogP contribution is -2.01. The number of halogens is 1. The Morgan fingerprint density at radius 1 is 1.14 bits per heavy atom. The van der Waals surface area contributed by atoms with Crippen molar-refractivity contribution in [2.24, 2.45) is 0 Å². The predicted octanol–water partition coefficient (Wildman–Crippen LogP) is 6.40. The second kappa shape index (κ2) is 8.67. The van der Waals surface area contributed by atoms with Crippen LogP contribution in [0.1, 0.15) is 55.8 Å². The van der Waals surface area contributed by atoms with E-state index in [1.807, 2.05) is 13.0 Å². The third-order valence-electron chi connectivity index (χ3n) is 5.45. The van der Waals surface area contributed by atoms with Crippen LogP contribution in [0.3, 0.4) is 0 Å². The number of benzene rings is 1. The first-order chi connectivity index (χ1) is 13.5. The number of pyridine rings is 1. The zero-order valence-electron chi connectivity index (χ0n) is 16.8. The average molecular weight is 395 g/mol. The molecule has 0 radical (unpaired) electrons. The number of aryl methyl sites for hydroxylation is 2. The van der Waals surface area contributed by atoms with Crippen LogP contribution in [0.2, 0.25) is 5.02 Å². The molecule has 2 heterocycles. The molecular formula is C23H27ClN4. The summed E-state index contributed by atoms with van der Waals surface area (Å²) < 4.78 is 2.35. The number of fused-ring (bicyclic) bond motifs is 1. The molecule has 0 bridgehead atoms. The highest BCUT2D eigenvalue weighted by Crippen LogP contribution is 2.40. The van der Waals surface area contributed by atoms with Gasteiger partial charge in [0, 0.05) is 40.5 Å². The van der Waals surface area contributed by atoms with E-state index in [-0.39, 0.29) is 0 Å². The maximum absolute atomic E-state index is 9.52. The number of nitriles is 1. The Kier molecular flexibility index (Phi) is 6.26. The van der Waals surface area contributed by atoms with Gasteiger partial charge in [0.25, 0.3) is 0 Å². The Balaban J connectivity index is 2.16. The first-order valence-corrected chi connectivity index (χ1v) is 10.3. The van der Waals surface area contributed by atoms with Gasteiger partial charge in [0.05, 0.1) is 28.5 Å². The summed E-state index contributed by atoms with van der Waals surface area (Å²) in [7, 11) is 0. The van der Waals surface area contributed by atoms with Crippen molar-refractivity contribution in [3.63, 3.8) is 0 Å². The van der Waals surface area contributed by atoms with Gasteiger partial charge in [-0.25, -0.2) is 0 Å². The van der Waals surface area contributed by atoms with Crippen LogP contribution < -0.4 is 5.73 Å². The molecule has 3 aromatic rings. The van der Waals surface area contributed by atoms with E-state index in [1.54, 1.807) is 12.4 Å². The molecule has 0 saturated carbocycles. The van der Waals surface area contributed by atoms with Gasteiger partial charge in [-0.1, -0.05) is 44.2 Å². The van der Waals surface area contributed by atoms with Crippen LogP contribution in [-0.2, 0) is 6.54 Å². The van der Waals surface area contributed by atoms with E-state index in [0.29, 0.717) is 16.3 Å². The fourth-order valence-corrected chi connectivity index (χ4v) is 4.08. The van der Waals surface area contributed by atoms with E-state index >= 15 is 0 Å². The third-order valence-corrected chi connectivity index (χ3v) is 5.87. The topological polar surface area (TPSA) is 67.6 Å². The monoisotopic (exact) mass is 394 g/mol. The first kappa shape index (κ1) is 20.2. The summed E-state index contributed by atoms with van der Waals surface area (Å²) in [5, 5.41) is 11.1. The number of nitrogen functional groups attached to an aromatic ring is 1. The van der Waals surface area contributed by atoms with E-state index in [1.165, 1.54) is 25.7 Å². The van der Waals surface area contributed by atoms with Crippen molar-refractivity contribution >= 4 is 28.2 Å². The average Bonchev–Trinajstić information content (AvgIpc) is 2.94. The number of aromatic nitrogens is 2. The second-order valence-electron chi connectivity index (χ2n) is 7.41. The lowest BCUT2D eigenvalue weighted by molar-refractivity contribution is 0.572. The lowest BCUT2D eigenvalue weighted by Gasteiger charge is -2.10. The van der Waals surface area contributed by atoms with Gasteiger partial charge >= 0.3 is 0 Å². The molecule has 2 aromatic heterocycles. The van der Waals surface area contributed by atoms with E-state index < -0.39 is 0 Å². The smallest absolute Gasteiger partial charge is 0.0994 e. The minimum atomic E-state index is 0.464. The van der Waals surface area contributed by atoms with E-state index in [0.717, 1.165) is 46.3 Å². The van der Waals surface area contributed by atoms with E-state index in [2.05, 4.69) is 35.5 Å². The number of nitrogens with two attached hydrogens (primary N) is 1. The highest BCUT2D eigenvalue weighted by Gasteiger charge is 2.20. The van der Waals surface area contributed by atoms with E-state index in [4.69, 9.17) is 17.3 Å². The standard InChI is InChI=1S/C23H27ClN4/c1-4-5-6-7-8-9-28-16(3)22(19-13-27-14-20(26)23(19)24)18-11-17(12-25)15(2)10-21(18)28/h10-11,13-14H,4-9,26H2,1-3H3. The summed E-state index contributed by atoms with van der Waals surface area (Å²) in [4.78, 5) is 4.25. The molecule has 0 fully saturated rings. The molecular weight excluding hydrogens is 368 g/mol. The number of nitrogens with zero attached hydrogens (tertiary/aromatic N) is 3. The Bertz CT molecular complexity index is 1040. The summed E-state index contributed by atoms with van der Waals surface area (Å²) in [5.41, 5.74) is 12.3. The van der Waals surface area contributed by atoms with Crippen LogP contribution in [0.4, 0.5) is 5.69 Å². The van der Waals surface area contributed by atoms with Gasteiger partial charge in [-0.2, -0.15) is 5.26 Å². The summed E-state index contributed by atoms with van der Waals surface area (Å²) in [6, 6.07) is 6.39. The summed E-state index contributed by atoms with van der Waals surface area (Å²) in [6.45, 7) is 7.28. The molecule has 0 atom stereocenters. The Labute approximate surface area is 171 Å². The number of hydrogen-bond donors (Lipinski definition) is 1. The molecule has 146 valence electrons. The zero-order valence-corrected chi connectivity index (χ0v) is 17.6. The maximum Gasteiger partial charge on any atom is 0.0994 e. The molecule has 3 rings (SSSR count). The molecule has 0 aliphatic carbocycles. The SMILES string of the molecule is CCCCCCCn1c(C)c(-c2cncc(N)c2Cl)c2cc(C#N)c(C)cc21. The van der Waals surface area contributed by atoms with Crippen molar-refractivity contribution in [3.8, 4) is 17.2 Å². The lowest BCUT2D eigenvalue weighted by atomic mass is 10.00. The molecule has 0 aliphatic rings. The molecule has 0 unspecified atom stereocenters. The molecule has 4 nitrogen and oxygen atoms in total. The fourth-order valence-electron chi connectivity index (χ4n) is 3.88. The first-order valence-electron chi connectivity index (χ1n) is 9.92. The van der Waals surface area contributed by atoms with Crippen LogP contribution in [0.25, 0.3) is 22.0 Å². The molecule has 28 heavy (non-hydrogen) atoms. The van der Waals surface area contributed by atoms with Crippen molar-refractivity contribution in [1.29, 1.82) is 5.26 Å². The summed E-state index contributed by atoms with van der Waals surface area (Å²) in [6.07, 6.45) is 9.48. The molecule has 2 N–H and O–H groups in total. The molecule has 1 aromatic carbocycles. The molecule has 5 heteroatoms. The van der Waals surface area contributed by atoms with Gasteiger partial charge in [-0.15, -0.1) is 0 Å². The van der Waals surface area contributed by atoms with Gasteiger partial charge in [0.2, 0.25) is 0 Å². The minimum absolute atomic E-state index is 0.464.